The lowest BCUT2D eigenvalue weighted by atomic mass is 9.96. The summed E-state index contributed by atoms with van der Waals surface area (Å²) in [5.41, 5.74) is 3.50. The van der Waals surface area contributed by atoms with E-state index in [1.54, 1.807) is 14.2 Å². The summed E-state index contributed by atoms with van der Waals surface area (Å²) in [7, 11) is 7.10. The Morgan fingerprint density at radius 3 is 2.66 bits per heavy atom. The van der Waals surface area contributed by atoms with Gasteiger partial charge >= 0.3 is 0 Å². The highest BCUT2D eigenvalue weighted by Crippen LogP contribution is 2.36. The molecule has 0 saturated carbocycles. The first-order valence-electron chi connectivity index (χ1n) is 10.6. The largest absolute Gasteiger partial charge is 0.497 e. The molecule has 166 valence electrons. The zero-order valence-corrected chi connectivity index (χ0v) is 18.9. The van der Waals surface area contributed by atoms with Gasteiger partial charge in [0.15, 0.2) is 0 Å². The lowest BCUT2D eigenvalue weighted by Gasteiger charge is -2.20. The average molecular weight is 433 g/mol. The van der Waals surface area contributed by atoms with Crippen molar-refractivity contribution < 1.29 is 14.3 Å². The standard InChI is InChI=1S/C25H28N4O3/c1-28(2)25-26-15-21(17-8-7-9-19(14-17)31-3)23(27-25)18-12-13-29(16-18)24(30)20-10-5-6-11-22(20)32-4/h5-11,14-15,18H,12-13,16H2,1-4H3. The number of methoxy groups -OCH3 is 2. The molecule has 0 spiro atoms. The van der Waals surface area contributed by atoms with Crippen molar-refractivity contribution in [3.8, 4) is 22.6 Å². The van der Waals surface area contributed by atoms with E-state index in [0.717, 1.165) is 29.0 Å². The fourth-order valence-electron chi connectivity index (χ4n) is 4.08. The van der Waals surface area contributed by atoms with E-state index in [-0.39, 0.29) is 11.8 Å². The van der Waals surface area contributed by atoms with E-state index in [2.05, 4.69) is 4.98 Å². The van der Waals surface area contributed by atoms with Crippen LogP contribution in [0.1, 0.15) is 28.4 Å². The predicted molar refractivity (Wildman–Crippen MR) is 125 cm³/mol. The first-order valence-corrected chi connectivity index (χ1v) is 10.6. The van der Waals surface area contributed by atoms with E-state index < -0.39 is 0 Å². The minimum absolute atomic E-state index is 0.0187. The first-order chi connectivity index (χ1) is 15.5. The molecule has 2 aromatic carbocycles. The third-order valence-corrected chi connectivity index (χ3v) is 5.79. The van der Waals surface area contributed by atoms with Gasteiger partial charge in [-0.3, -0.25) is 4.79 Å². The number of hydrogen-bond donors (Lipinski definition) is 0. The van der Waals surface area contributed by atoms with Crippen molar-refractivity contribution >= 4 is 11.9 Å². The van der Waals surface area contributed by atoms with Crippen LogP contribution in [-0.2, 0) is 0 Å². The number of ether oxygens (including phenoxy) is 2. The Balaban J connectivity index is 1.67. The summed E-state index contributed by atoms with van der Waals surface area (Å²) >= 11 is 0. The molecule has 7 nitrogen and oxygen atoms in total. The van der Waals surface area contributed by atoms with E-state index in [1.807, 2.05) is 78.6 Å². The molecule has 2 heterocycles. The number of likely N-dealkylation sites (tertiary alicyclic amines) is 1. The SMILES string of the molecule is COc1cccc(-c2cnc(N(C)C)nc2C2CCN(C(=O)c3ccccc3OC)C2)c1. The van der Waals surface area contributed by atoms with Gasteiger partial charge in [-0.1, -0.05) is 24.3 Å². The summed E-state index contributed by atoms with van der Waals surface area (Å²) in [6.07, 6.45) is 2.71. The van der Waals surface area contributed by atoms with Crippen LogP contribution in [0.5, 0.6) is 11.5 Å². The molecule has 4 rings (SSSR count). The third-order valence-electron chi connectivity index (χ3n) is 5.79. The summed E-state index contributed by atoms with van der Waals surface area (Å²) < 4.78 is 10.8. The highest BCUT2D eigenvalue weighted by molar-refractivity contribution is 5.97. The van der Waals surface area contributed by atoms with Crippen molar-refractivity contribution in [2.45, 2.75) is 12.3 Å². The second-order valence-electron chi connectivity index (χ2n) is 8.03. The molecule has 1 aliphatic rings. The second-order valence-corrected chi connectivity index (χ2v) is 8.03. The van der Waals surface area contributed by atoms with Gasteiger partial charge in [0.2, 0.25) is 5.95 Å². The maximum Gasteiger partial charge on any atom is 0.257 e. The summed E-state index contributed by atoms with van der Waals surface area (Å²) in [5.74, 6) is 2.12. The molecule has 1 aliphatic heterocycles. The number of carbonyl (C=O) groups is 1. The number of nitrogens with zero attached hydrogens (tertiary/aromatic N) is 4. The Kier molecular flexibility index (Phi) is 6.25. The first kappa shape index (κ1) is 21.6. The number of anilines is 1. The van der Waals surface area contributed by atoms with Gasteiger partial charge in [-0.25, -0.2) is 9.97 Å². The van der Waals surface area contributed by atoms with E-state index >= 15 is 0 Å². The van der Waals surface area contributed by atoms with E-state index in [9.17, 15) is 4.79 Å². The van der Waals surface area contributed by atoms with Crippen molar-refractivity contribution in [1.29, 1.82) is 0 Å². The normalized spacial score (nSPS) is 15.5. The van der Waals surface area contributed by atoms with Crippen LogP contribution in [0.3, 0.4) is 0 Å². The smallest absolute Gasteiger partial charge is 0.257 e. The van der Waals surface area contributed by atoms with Crippen LogP contribution in [0.4, 0.5) is 5.95 Å². The molecule has 1 aromatic heterocycles. The Morgan fingerprint density at radius 1 is 1.09 bits per heavy atom. The topological polar surface area (TPSA) is 67.8 Å². The van der Waals surface area contributed by atoms with Crippen LogP contribution in [0.15, 0.2) is 54.7 Å². The highest BCUT2D eigenvalue weighted by atomic mass is 16.5. The van der Waals surface area contributed by atoms with Gasteiger partial charge < -0.3 is 19.3 Å². The molecule has 0 aliphatic carbocycles. The molecule has 32 heavy (non-hydrogen) atoms. The Hall–Kier alpha value is -3.61. The minimum Gasteiger partial charge on any atom is -0.497 e. The minimum atomic E-state index is -0.0187. The Morgan fingerprint density at radius 2 is 1.91 bits per heavy atom. The second kappa shape index (κ2) is 9.26. The van der Waals surface area contributed by atoms with Gasteiger partial charge in [0.1, 0.15) is 11.5 Å². The molecule has 0 N–H and O–H groups in total. The summed E-state index contributed by atoms with van der Waals surface area (Å²) in [5, 5.41) is 0. The van der Waals surface area contributed by atoms with Crippen LogP contribution < -0.4 is 14.4 Å². The molecule has 7 heteroatoms. The fraction of sp³-hybridized carbons (Fsp3) is 0.320. The van der Waals surface area contributed by atoms with E-state index in [0.29, 0.717) is 30.4 Å². The summed E-state index contributed by atoms with van der Waals surface area (Å²) in [6.45, 7) is 1.26. The maximum absolute atomic E-state index is 13.2. The van der Waals surface area contributed by atoms with Crippen molar-refractivity contribution in [2.75, 3.05) is 46.3 Å². The average Bonchev–Trinajstić information content (AvgIpc) is 3.33. The van der Waals surface area contributed by atoms with Crippen molar-refractivity contribution in [3.63, 3.8) is 0 Å². The van der Waals surface area contributed by atoms with Gasteiger partial charge in [-0.05, 0) is 36.2 Å². The number of amides is 1. The molecule has 0 radical (unpaired) electrons. The number of benzene rings is 2. The quantitative estimate of drug-likeness (QED) is 0.589. The van der Waals surface area contributed by atoms with Gasteiger partial charge in [0, 0.05) is 44.9 Å². The molecule has 3 aromatic rings. The number of carbonyl (C=O) groups excluding carboxylic acids is 1. The molecule has 1 fully saturated rings. The monoisotopic (exact) mass is 432 g/mol. The molecule has 1 atom stereocenters. The van der Waals surface area contributed by atoms with E-state index in [4.69, 9.17) is 14.5 Å². The van der Waals surface area contributed by atoms with Crippen molar-refractivity contribution in [2.24, 2.45) is 0 Å². The zero-order chi connectivity index (χ0) is 22.7. The van der Waals surface area contributed by atoms with Crippen LogP contribution in [0.25, 0.3) is 11.1 Å². The number of hydrogen-bond acceptors (Lipinski definition) is 6. The molecular formula is C25H28N4O3. The van der Waals surface area contributed by atoms with Gasteiger partial charge in [0.05, 0.1) is 25.5 Å². The Bertz CT molecular complexity index is 1120. The van der Waals surface area contributed by atoms with Gasteiger partial charge in [0.25, 0.3) is 5.91 Å². The molecule has 1 amide bonds. The number of rotatable bonds is 6. The lowest BCUT2D eigenvalue weighted by molar-refractivity contribution is 0.0787. The molecular weight excluding hydrogens is 404 g/mol. The summed E-state index contributed by atoms with van der Waals surface area (Å²) in [4.78, 5) is 26.4. The molecule has 1 unspecified atom stereocenters. The van der Waals surface area contributed by atoms with E-state index in [1.165, 1.54) is 0 Å². The van der Waals surface area contributed by atoms with Crippen LogP contribution in [0, 0.1) is 0 Å². The van der Waals surface area contributed by atoms with Crippen LogP contribution >= 0.6 is 0 Å². The van der Waals surface area contributed by atoms with Gasteiger partial charge in [-0.15, -0.1) is 0 Å². The van der Waals surface area contributed by atoms with Crippen molar-refractivity contribution in [1.82, 2.24) is 14.9 Å². The third kappa shape index (κ3) is 4.23. The van der Waals surface area contributed by atoms with Crippen LogP contribution in [-0.4, -0.2) is 62.2 Å². The predicted octanol–water partition coefficient (Wildman–Crippen LogP) is 3.86. The Labute approximate surface area is 188 Å². The zero-order valence-electron chi connectivity index (χ0n) is 18.9. The number of para-hydroxylation sites is 1. The fourth-order valence-corrected chi connectivity index (χ4v) is 4.08. The molecule has 0 bridgehead atoms. The number of aromatic nitrogens is 2. The van der Waals surface area contributed by atoms with Crippen LogP contribution in [0.2, 0.25) is 0 Å². The van der Waals surface area contributed by atoms with Crippen molar-refractivity contribution in [3.05, 3.63) is 66.0 Å². The van der Waals surface area contributed by atoms with Gasteiger partial charge in [-0.2, -0.15) is 0 Å². The lowest BCUT2D eigenvalue weighted by Crippen LogP contribution is -2.29. The maximum atomic E-state index is 13.2. The molecule has 1 saturated heterocycles. The highest BCUT2D eigenvalue weighted by Gasteiger charge is 2.32. The summed E-state index contributed by atoms with van der Waals surface area (Å²) in [6, 6.07) is 15.3.